The van der Waals surface area contributed by atoms with E-state index in [4.69, 9.17) is 5.73 Å². The van der Waals surface area contributed by atoms with Gasteiger partial charge in [-0.1, -0.05) is 19.4 Å². The van der Waals surface area contributed by atoms with Crippen molar-refractivity contribution in [2.75, 3.05) is 11.9 Å². The third kappa shape index (κ3) is 3.86. The van der Waals surface area contributed by atoms with Gasteiger partial charge in [0.05, 0.1) is 5.92 Å². The van der Waals surface area contributed by atoms with Crippen LogP contribution >= 0.6 is 0 Å². The molecule has 0 aliphatic heterocycles. The molecule has 3 nitrogen and oxygen atoms in total. The van der Waals surface area contributed by atoms with Crippen molar-refractivity contribution in [1.82, 2.24) is 0 Å². The third-order valence-corrected chi connectivity index (χ3v) is 3.07. The fourth-order valence-electron chi connectivity index (χ4n) is 1.77. The number of benzene rings is 1. The van der Waals surface area contributed by atoms with Gasteiger partial charge in [0.25, 0.3) is 0 Å². The number of hydrogen-bond acceptors (Lipinski definition) is 2. The number of nitrogens with two attached hydrogens (primary N) is 1. The minimum absolute atomic E-state index is 0.0256. The van der Waals surface area contributed by atoms with Gasteiger partial charge in [-0.05, 0) is 43.5 Å². The topological polar surface area (TPSA) is 55.1 Å². The standard InChI is InChI=1S/C14H22N2O/c1-4-5-12(9-15)14(17)16-13-7-6-10(2)11(3)8-13/h6-8,12H,4-5,9,15H2,1-3H3,(H,16,17). The lowest BCUT2D eigenvalue weighted by atomic mass is 10.0. The fraction of sp³-hybridized carbons (Fsp3) is 0.500. The highest BCUT2D eigenvalue weighted by Gasteiger charge is 2.15. The molecule has 1 atom stereocenters. The Morgan fingerprint density at radius 1 is 1.35 bits per heavy atom. The Morgan fingerprint density at radius 3 is 2.59 bits per heavy atom. The molecule has 3 heteroatoms. The summed E-state index contributed by atoms with van der Waals surface area (Å²) >= 11 is 0. The minimum Gasteiger partial charge on any atom is -0.330 e. The fourth-order valence-corrected chi connectivity index (χ4v) is 1.77. The van der Waals surface area contributed by atoms with Crippen molar-refractivity contribution in [2.45, 2.75) is 33.6 Å². The molecular formula is C14H22N2O. The number of carbonyl (C=O) groups excluding carboxylic acids is 1. The van der Waals surface area contributed by atoms with E-state index < -0.39 is 0 Å². The smallest absolute Gasteiger partial charge is 0.228 e. The second-order valence-corrected chi connectivity index (χ2v) is 4.51. The van der Waals surface area contributed by atoms with Crippen LogP contribution in [0.4, 0.5) is 5.69 Å². The van der Waals surface area contributed by atoms with Crippen LogP contribution < -0.4 is 11.1 Å². The lowest BCUT2D eigenvalue weighted by Crippen LogP contribution is -2.29. The summed E-state index contributed by atoms with van der Waals surface area (Å²) in [5.41, 5.74) is 8.87. The number of hydrogen-bond donors (Lipinski definition) is 2. The molecule has 0 spiro atoms. The number of rotatable bonds is 5. The van der Waals surface area contributed by atoms with Gasteiger partial charge < -0.3 is 11.1 Å². The molecule has 0 fully saturated rings. The molecule has 1 rings (SSSR count). The van der Waals surface area contributed by atoms with Crippen LogP contribution in [-0.2, 0) is 4.79 Å². The number of aryl methyl sites for hydroxylation is 2. The molecule has 0 saturated heterocycles. The van der Waals surface area contributed by atoms with Crippen LogP contribution in [0.15, 0.2) is 18.2 Å². The summed E-state index contributed by atoms with van der Waals surface area (Å²) in [7, 11) is 0. The second kappa shape index (κ2) is 6.40. The SMILES string of the molecule is CCCC(CN)C(=O)Nc1ccc(C)c(C)c1. The predicted octanol–water partition coefficient (Wildman–Crippen LogP) is 2.62. The van der Waals surface area contributed by atoms with Crippen LogP contribution in [-0.4, -0.2) is 12.5 Å². The van der Waals surface area contributed by atoms with Crippen molar-refractivity contribution in [2.24, 2.45) is 11.7 Å². The molecule has 0 aliphatic rings. The second-order valence-electron chi connectivity index (χ2n) is 4.51. The largest absolute Gasteiger partial charge is 0.330 e. The quantitative estimate of drug-likeness (QED) is 0.822. The Hall–Kier alpha value is -1.35. The summed E-state index contributed by atoms with van der Waals surface area (Å²) in [5, 5.41) is 2.93. The summed E-state index contributed by atoms with van der Waals surface area (Å²) in [6, 6.07) is 5.94. The van der Waals surface area contributed by atoms with Crippen LogP contribution in [0.25, 0.3) is 0 Å². The Bertz CT molecular complexity index is 388. The van der Waals surface area contributed by atoms with Gasteiger partial charge in [0, 0.05) is 12.2 Å². The van der Waals surface area contributed by atoms with Gasteiger partial charge in [-0.3, -0.25) is 4.79 Å². The first-order valence-electron chi connectivity index (χ1n) is 6.16. The first kappa shape index (κ1) is 13.7. The van der Waals surface area contributed by atoms with Crippen molar-refractivity contribution >= 4 is 11.6 Å². The molecule has 1 unspecified atom stereocenters. The molecule has 0 saturated carbocycles. The van der Waals surface area contributed by atoms with Gasteiger partial charge in [0.1, 0.15) is 0 Å². The van der Waals surface area contributed by atoms with Gasteiger partial charge in [-0.25, -0.2) is 0 Å². The molecule has 17 heavy (non-hydrogen) atoms. The zero-order valence-electron chi connectivity index (χ0n) is 10.9. The van der Waals surface area contributed by atoms with Crippen molar-refractivity contribution in [3.63, 3.8) is 0 Å². The van der Waals surface area contributed by atoms with Crippen LogP contribution in [0.2, 0.25) is 0 Å². The van der Waals surface area contributed by atoms with E-state index in [-0.39, 0.29) is 11.8 Å². The highest BCUT2D eigenvalue weighted by Crippen LogP contribution is 2.16. The average molecular weight is 234 g/mol. The minimum atomic E-state index is -0.0818. The number of anilines is 1. The van der Waals surface area contributed by atoms with Crippen LogP contribution in [0.1, 0.15) is 30.9 Å². The maximum absolute atomic E-state index is 11.9. The van der Waals surface area contributed by atoms with Crippen molar-refractivity contribution < 1.29 is 4.79 Å². The normalized spacial score (nSPS) is 12.2. The summed E-state index contributed by atoms with van der Waals surface area (Å²) in [6.07, 6.45) is 1.81. The van der Waals surface area contributed by atoms with E-state index in [0.717, 1.165) is 18.5 Å². The van der Waals surface area contributed by atoms with Crippen LogP contribution in [0.3, 0.4) is 0 Å². The van der Waals surface area contributed by atoms with Crippen LogP contribution in [0, 0.1) is 19.8 Å². The molecule has 1 amide bonds. The Morgan fingerprint density at radius 2 is 2.06 bits per heavy atom. The van der Waals surface area contributed by atoms with Gasteiger partial charge in [0.15, 0.2) is 0 Å². The molecule has 3 N–H and O–H groups in total. The highest BCUT2D eigenvalue weighted by molar-refractivity contribution is 5.92. The predicted molar refractivity (Wildman–Crippen MR) is 72.0 cm³/mol. The number of amides is 1. The maximum Gasteiger partial charge on any atom is 0.228 e. The molecule has 0 radical (unpaired) electrons. The maximum atomic E-state index is 11.9. The van der Waals surface area contributed by atoms with E-state index in [0.29, 0.717) is 6.54 Å². The van der Waals surface area contributed by atoms with Gasteiger partial charge >= 0.3 is 0 Å². The summed E-state index contributed by atoms with van der Waals surface area (Å²) in [4.78, 5) is 11.9. The Labute approximate surface area is 103 Å². The molecule has 1 aromatic carbocycles. The highest BCUT2D eigenvalue weighted by atomic mass is 16.1. The van der Waals surface area contributed by atoms with Gasteiger partial charge in [-0.2, -0.15) is 0 Å². The molecule has 1 aromatic rings. The zero-order valence-corrected chi connectivity index (χ0v) is 10.9. The monoisotopic (exact) mass is 234 g/mol. The molecule has 0 heterocycles. The molecule has 94 valence electrons. The van der Waals surface area contributed by atoms with E-state index in [1.54, 1.807) is 0 Å². The third-order valence-electron chi connectivity index (χ3n) is 3.07. The van der Waals surface area contributed by atoms with Crippen LogP contribution in [0.5, 0.6) is 0 Å². The number of carbonyl (C=O) groups is 1. The van der Waals surface area contributed by atoms with Gasteiger partial charge in [-0.15, -0.1) is 0 Å². The lowest BCUT2D eigenvalue weighted by molar-refractivity contribution is -0.119. The van der Waals surface area contributed by atoms with E-state index in [2.05, 4.69) is 19.2 Å². The first-order chi connectivity index (χ1) is 8.08. The van der Waals surface area contributed by atoms with E-state index in [9.17, 15) is 4.79 Å². The van der Waals surface area contributed by atoms with Crippen molar-refractivity contribution in [1.29, 1.82) is 0 Å². The van der Waals surface area contributed by atoms with Gasteiger partial charge in [0.2, 0.25) is 5.91 Å². The molecule has 0 bridgehead atoms. The summed E-state index contributed by atoms with van der Waals surface area (Å²) in [6.45, 7) is 6.56. The lowest BCUT2D eigenvalue weighted by Gasteiger charge is -2.14. The molecular weight excluding hydrogens is 212 g/mol. The molecule has 0 aromatic heterocycles. The Kier molecular flexibility index (Phi) is 5.16. The van der Waals surface area contributed by atoms with Crippen molar-refractivity contribution in [3.05, 3.63) is 29.3 Å². The molecule has 0 aliphatic carbocycles. The van der Waals surface area contributed by atoms with E-state index >= 15 is 0 Å². The zero-order chi connectivity index (χ0) is 12.8. The average Bonchev–Trinajstić information content (AvgIpc) is 2.30. The Balaban J connectivity index is 2.69. The first-order valence-corrected chi connectivity index (χ1v) is 6.16. The number of nitrogens with one attached hydrogen (secondary N) is 1. The summed E-state index contributed by atoms with van der Waals surface area (Å²) < 4.78 is 0. The van der Waals surface area contributed by atoms with E-state index in [1.165, 1.54) is 11.1 Å². The summed E-state index contributed by atoms with van der Waals surface area (Å²) in [5.74, 6) is -0.0563. The van der Waals surface area contributed by atoms with Crippen molar-refractivity contribution in [3.8, 4) is 0 Å². The van der Waals surface area contributed by atoms with E-state index in [1.807, 2.05) is 25.1 Å².